The molecule has 0 bridgehead atoms. The molecule has 0 N–H and O–H groups in total. The van der Waals surface area contributed by atoms with Crippen molar-refractivity contribution in [1.82, 2.24) is 0 Å². The van der Waals surface area contributed by atoms with Gasteiger partial charge in [-0.1, -0.05) is 69.9 Å². The number of hydrogen-bond donors (Lipinski definition) is 0. The molecule has 0 aliphatic carbocycles. The summed E-state index contributed by atoms with van der Waals surface area (Å²) in [6.07, 6.45) is 7.81. The number of carbonyl (C=O) groups excluding carboxylic acids is 1. The molecular formula is C24H28O3. The summed E-state index contributed by atoms with van der Waals surface area (Å²) in [7, 11) is 0. The molecule has 0 radical (unpaired) electrons. The smallest absolute Gasteiger partial charge is 0.310 e. The number of hydrogen-bond acceptors (Lipinski definition) is 3. The Bertz CT molecular complexity index is 759. The number of esters is 1. The molecule has 0 saturated heterocycles. The van der Waals surface area contributed by atoms with Gasteiger partial charge in [-0.3, -0.25) is 4.79 Å². The summed E-state index contributed by atoms with van der Waals surface area (Å²) in [4.78, 5) is 12.7. The third-order valence-electron chi connectivity index (χ3n) is 4.50. The lowest BCUT2D eigenvalue weighted by molar-refractivity contribution is -0.153. The lowest BCUT2D eigenvalue weighted by Gasteiger charge is -2.22. The minimum absolute atomic E-state index is 0.135. The Morgan fingerprint density at radius 3 is 2.41 bits per heavy atom. The number of ether oxygens (including phenoxy) is 2. The van der Waals surface area contributed by atoms with E-state index >= 15 is 0 Å². The van der Waals surface area contributed by atoms with Crippen molar-refractivity contribution in [3.8, 4) is 23.8 Å². The van der Waals surface area contributed by atoms with Crippen molar-refractivity contribution in [2.24, 2.45) is 11.8 Å². The Kier molecular flexibility index (Phi) is 7.95. The highest BCUT2D eigenvalue weighted by Gasteiger charge is 2.26. The molecule has 2 aromatic carbocycles. The Labute approximate surface area is 162 Å². The van der Waals surface area contributed by atoms with Gasteiger partial charge in [-0.05, 0) is 36.6 Å². The van der Waals surface area contributed by atoms with Gasteiger partial charge >= 0.3 is 5.97 Å². The Balaban J connectivity index is 2.11. The molecule has 3 nitrogen and oxygen atoms in total. The van der Waals surface area contributed by atoms with E-state index in [1.807, 2.05) is 68.4 Å². The lowest BCUT2D eigenvalue weighted by Crippen LogP contribution is -2.24. The quantitative estimate of drug-likeness (QED) is 0.395. The molecular weight excluding hydrogens is 336 g/mol. The maximum atomic E-state index is 12.7. The van der Waals surface area contributed by atoms with E-state index in [4.69, 9.17) is 15.9 Å². The van der Waals surface area contributed by atoms with Gasteiger partial charge in [-0.25, -0.2) is 0 Å². The predicted octanol–water partition coefficient (Wildman–Crippen LogP) is 6.16. The first kappa shape index (κ1) is 20.6. The summed E-state index contributed by atoms with van der Waals surface area (Å²) in [6, 6.07) is 16.9. The molecule has 0 aliphatic heterocycles. The molecule has 142 valence electrons. The van der Waals surface area contributed by atoms with Crippen LogP contribution < -0.4 is 4.74 Å². The molecule has 0 fully saturated rings. The summed E-state index contributed by atoms with van der Waals surface area (Å²) < 4.78 is 11.5. The molecule has 27 heavy (non-hydrogen) atoms. The number of para-hydroxylation sites is 1. The fourth-order valence-corrected chi connectivity index (χ4v) is 2.91. The Morgan fingerprint density at radius 2 is 1.78 bits per heavy atom. The van der Waals surface area contributed by atoms with Crippen LogP contribution in [0.4, 0.5) is 0 Å². The largest absolute Gasteiger partial charge is 0.457 e. The topological polar surface area (TPSA) is 35.5 Å². The van der Waals surface area contributed by atoms with E-state index in [0.717, 1.165) is 30.6 Å². The normalized spacial score (nSPS) is 12.9. The van der Waals surface area contributed by atoms with Gasteiger partial charge < -0.3 is 9.47 Å². The van der Waals surface area contributed by atoms with Crippen molar-refractivity contribution in [3.05, 3.63) is 60.2 Å². The Hall–Kier alpha value is -2.73. The third-order valence-corrected chi connectivity index (χ3v) is 4.50. The monoisotopic (exact) mass is 364 g/mol. The van der Waals surface area contributed by atoms with Crippen LogP contribution in [0.2, 0.25) is 0 Å². The van der Waals surface area contributed by atoms with E-state index < -0.39 is 6.10 Å². The maximum Gasteiger partial charge on any atom is 0.310 e. The SMILES string of the molecule is C#CC(OC(=O)C(CCCC)C(C)C)c1cccc(Oc2ccccc2)c1. The highest BCUT2D eigenvalue weighted by atomic mass is 16.5. The van der Waals surface area contributed by atoms with Gasteiger partial charge in [0.2, 0.25) is 0 Å². The van der Waals surface area contributed by atoms with Crippen LogP contribution in [0.15, 0.2) is 54.6 Å². The molecule has 3 heteroatoms. The molecule has 2 unspecified atom stereocenters. The van der Waals surface area contributed by atoms with Crippen LogP contribution >= 0.6 is 0 Å². The van der Waals surface area contributed by atoms with Crippen LogP contribution in [0.1, 0.15) is 51.7 Å². The van der Waals surface area contributed by atoms with Gasteiger partial charge in [0.1, 0.15) is 11.5 Å². The first-order valence-corrected chi connectivity index (χ1v) is 9.54. The zero-order valence-corrected chi connectivity index (χ0v) is 16.4. The number of rotatable bonds is 9. The highest BCUT2D eigenvalue weighted by molar-refractivity contribution is 5.73. The molecule has 0 aromatic heterocycles. The second-order valence-corrected chi connectivity index (χ2v) is 6.96. The Morgan fingerprint density at radius 1 is 1.07 bits per heavy atom. The average molecular weight is 364 g/mol. The zero-order chi connectivity index (χ0) is 19.6. The van der Waals surface area contributed by atoms with Crippen molar-refractivity contribution >= 4 is 5.97 Å². The van der Waals surface area contributed by atoms with Gasteiger partial charge in [-0.2, -0.15) is 0 Å². The second-order valence-electron chi connectivity index (χ2n) is 6.96. The minimum atomic E-state index is -0.723. The molecule has 0 heterocycles. The fraction of sp³-hybridized carbons (Fsp3) is 0.375. The molecule has 0 aliphatic rings. The number of carbonyl (C=O) groups is 1. The lowest BCUT2D eigenvalue weighted by atomic mass is 9.90. The van der Waals surface area contributed by atoms with Gasteiger partial charge in [0.25, 0.3) is 0 Å². The summed E-state index contributed by atoms with van der Waals surface area (Å²) in [5.41, 5.74) is 0.734. The van der Waals surface area contributed by atoms with Crippen LogP contribution in [-0.4, -0.2) is 5.97 Å². The number of benzene rings is 2. The predicted molar refractivity (Wildman–Crippen MR) is 108 cm³/mol. The average Bonchev–Trinajstić information content (AvgIpc) is 2.67. The molecule has 2 rings (SSSR count). The van der Waals surface area contributed by atoms with Crippen LogP contribution in [0.5, 0.6) is 11.5 Å². The molecule has 0 spiro atoms. The molecule has 0 saturated carbocycles. The summed E-state index contributed by atoms with van der Waals surface area (Å²) in [5.74, 6) is 3.84. The van der Waals surface area contributed by atoms with E-state index in [2.05, 4.69) is 12.8 Å². The van der Waals surface area contributed by atoms with Crippen molar-refractivity contribution < 1.29 is 14.3 Å². The summed E-state index contributed by atoms with van der Waals surface area (Å²) in [6.45, 7) is 6.20. The fourth-order valence-electron chi connectivity index (χ4n) is 2.91. The van der Waals surface area contributed by atoms with Crippen LogP contribution in [0.25, 0.3) is 0 Å². The van der Waals surface area contributed by atoms with E-state index in [1.165, 1.54) is 0 Å². The van der Waals surface area contributed by atoms with Crippen molar-refractivity contribution in [1.29, 1.82) is 0 Å². The minimum Gasteiger partial charge on any atom is -0.457 e. The van der Waals surface area contributed by atoms with Crippen molar-refractivity contribution in [3.63, 3.8) is 0 Å². The van der Waals surface area contributed by atoms with E-state index in [0.29, 0.717) is 5.75 Å². The first-order valence-electron chi connectivity index (χ1n) is 9.54. The van der Waals surface area contributed by atoms with Gasteiger partial charge in [0.15, 0.2) is 6.10 Å². The number of terminal acetylenes is 1. The van der Waals surface area contributed by atoms with E-state index in [9.17, 15) is 4.79 Å². The molecule has 2 aromatic rings. The molecule has 0 amide bonds. The van der Waals surface area contributed by atoms with Crippen molar-refractivity contribution in [2.75, 3.05) is 0 Å². The third kappa shape index (κ3) is 6.18. The maximum absolute atomic E-state index is 12.7. The second kappa shape index (κ2) is 10.4. The first-order chi connectivity index (χ1) is 13.0. The van der Waals surface area contributed by atoms with Crippen LogP contribution in [-0.2, 0) is 9.53 Å². The number of unbranched alkanes of at least 4 members (excludes halogenated alkanes) is 1. The van der Waals surface area contributed by atoms with Crippen LogP contribution in [0, 0.1) is 24.2 Å². The summed E-state index contributed by atoms with van der Waals surface area (Å²) >= 11 is 0. The zero-order valence-electron chi connectivity index (χ0n) is 16.4. The van der Waals surface area contributed by atoms with E-state index in [-0.39, 0.29) is 17.8 Å². The van der Waals surface area contributed by atoms with E-state index in [1.54, 1.807) is 0 Å². The highest BCUT2D eigenvalue weighted by Crippen LogP contribution is 2.28. The van der Waals surface area contributed by atoms with Gasteiger partial charge in [0, 0.05) is 5.56 Å². The summed E-state index contributed by atoms with van der Waals surface area (Å²) in [5, 5.41) is 0. The van der Waals surface area contributed by atoms with Gasteiger partial charge in [-0.15, -0.1) is 6.42 Å². The van der Waals surface area contributed by atoms with Crippen molar-refractivity contribution in [2.45, 2.75) is 46.1 Å². The van der Waals surface area contributed by atoms with Gasteiger partial charge in [0.05, 0.1) is 5.92 Å². The standard InChI is InChI=1S/C24H28O3/c1-5-7-16-22(18(3)4)24(25)27-23(6-2)19-12-11-15-21(17-19)26-20-13-9-8-10-14-20/h2,8-15,17-18,22-23H,5,7,16H2,1,3-4H3. The molecule has 2 atom stereocenters. The van der Waals surface area contributed by atoms with Crippen LogP contribution in [0.3, 0.4) is 0 Å².